The van der Waals surface area contributed by atoms with Crippen molar-refractivity contribution >= 4 is 0 Å². The Morgan fingerprint density at radius 1 is 1.28 bits per heavy atom. The Morgan fingerprint density at radius 2 is 1.89 bits per heavy atom. The molecule has 0 aromatic heterocycles. The van der Waals surface area contributed by atoms with Gasteiger partial charge in [0.15, 0.2) is 0 Å². The lowest BCUT2D eigenvalue weighted by atomic mass is 9.68. The SMILES string of the molecule is C#CCCCC(N)C1(OCC)CCC(C)(C)CC1. The summed E-state index contributed by atoms with van der Waals surface area (Å²) in [7, 11) is 0. The van der Waals surface area contributed by atoms with Crippen LogP contribution in [-0.2, 0) is 4.74 Å². The summed E-state index contributed by atoms with van der Waals surface area (Å²) in [6, 6.07) is 0.127. The maximum atomic E-state index is 6.41. The van der Waals surface area contributed by atoms with Crippen LogP contribution in [0.15, 0.2) is 0 Å². The van der Waals surface area contributed by atoms with Gasteiger partial charge in [0, 0.05) is 19.1 Å². The van der Waals surface area contributed by atoms with Crippen molar-refractivity contribution in [2.24, 2.45) is 11.1 Å². The number of terminal acetylenes is 1. The average molecular weight is 251 g/mol. The number of rotatable bonds is 6. The van der Waals surface area contributed by atoms with E-state index < -0.39 is 0 Å². The molecule has 0 aliphatic heterocycles. The molecule has 1 saturated carbocycles. The fourth-order valence-corrected chi connectivity index (χ4v) is 2.95. The fraction of sp³-hybridized carbons (Fsp3) is 0.875. The van der Waals surface area contributed by atoms with Crippen LogP contribution in [0, 0.1) is 17.8 Å². The first-order valence-corrected chi connectivity index (χ1v) is 7.29. The molecule has 1 fully saturated rings. The van der Waals surface area contributed by atoms with Gasteiger partial charge in [0.05, 0.1) is 5.60 Å². The first-order valence-electron chi connectivity index (χ1n) is 7.29. The van der Waals surface area contributed by atoms with Gasteiger partial charge in [0.2, 0.25) is 0 Å². The van der Waals surface area contributed by atoms with E-state index in [2.05, 4.69) is 26.7 Å². The molecule has 0 spiro atoms. The molecule has 2 heteroatoms. The van der Waals surface area contributed by atoms with Gasteiger partial charge in [-0.05, 0) is 50.9 Å². The van der Waals surface area contributed by atoms with Crippen LogP contribution in [0.5, 0.6) is 0 Å². The zero-order chi connectivity index (χ0) is 13.6. The third-order valence-corrected chi connectivity index (χ3v) is 4.39. The van der Waals surface area contributed by atoms with Crippen molar-refractivity contribution in [3.8, 4) is 12.3 Å². The lowest BCUT2D eigenvalue weighted by Gasteiger charge is -2.46. The van der Waals surface area contributed by atoms with Crippen LogP contribution in [0.1, 0.15) is 65.7 Å². The van der Waals surface area contributed by atoms with Gasteiger partial charge in [0.25, 0.3) is 0 Å². The van der Waals surface area contributed by atoms with Gasteiger partial charge in [-0.1, -0.05) is 13.8 Å². The van der Waals surface area contributed by atoms with Gasteiger partial charge in [-0.2, -0.15) is 0 Å². The average Bonchev–Trinajstić information content (AvgIpc) is 2.33. The van der Waals surface area contributed by atoms with Gasteiger partial charge in [0.1, 0.15) is 0 Å². The van der Waals surface area contributed by atoms with E-state index in [0.717, 1.165) is 38.7 Å². The predicted octanol–water partition coefficient (Wildman–Crippen LogP) is 3.49. The van der Waals surface area contributed by atoms with E-state index in [4.69, 9.17) is 16.9 Å². The van der Waals surface area contributed by atoms with Gasteiger partial charge >= 0.3 is 0 Å². The number of hydrogen-bond donors (Lipinski definition) is 1. The molecule has 1 aliphatic rings. The molecular weight excluding hydrogens is 222 g/mol. The van der Waals surface area contributed by atoms with E-state index in [9.17, 15) is 0 Å². The first-order chi connectivity index (χ1) is 8.46. The van der Waals surface area contributed by atoms with Gasteiger partial charge in [-0.15, -0.1) is 12.3 Å². The Balaban J connectivity index is 2.61. The Hall–Kier alpha value is -0.520. The highest BCUT2D eigenvalue weighted by molar-refractivity contribution is 4.98. The first kappa shape index (κ1) is 15.5. The van der Waals surface area contributed by atoms with Crippen molar-refractivity contribution in [2.45, 2.75) is 77.4 Å². The molecule has 18 heavy (non-hydrogen) atoms. The van der Waals surface area contributed by atoms with Crippen molar-refractivity contribution in [1.82, 2.24) is 0 Å². The highest BCUT2D eigenvalue weighted by Crippen LogP contribution is 2.43. The lowest BCUT2D eigenvalue weighted by Crippen LogP contribution is -2.53. The highest BCUT2D eigenvalue weighted by Gasteiger charge is 2.42. The topological polar surface area (TPSA) is 35.2 Å². The van der Waals surface area contributed by atoms with Crippen molar-refractivity contribution in [1.29, 1.82) is 0 Å². The summed E-state index contributed by atoms with van der Waals surface area (Å²) >= 11 is 0. The molecule has 0 heterocycles. The molecule has 0 saturated heterocycles. The van der Waals surface area contributed by atoms with Crippen molar-refractivity contribution in [3.05, 3.63) is 0 Å². The number of ether oxygens (including phenoxy) is 1. The highest BCUT2D eigenvalue weighted by atomic mass is 16.5. The second kappa shape index (κ2) is 6.59. The molecule has 0 aromatic carbocycles. The second-order valence-electron chi connectivity index (χ2n) is 6.36. The molecule has 0 aromatic rings. The monoisotopic (exact) mass is 251 g/mol. The maximum Gasteiger partial charge on any atom is 0.0832 e. The van der Waals surface area contributed by atoms with Crippen molar-refractivity contribution in [2.75, 3.05) is 6.61 Å². The Labute approximate surface area is 113 Å². The molecular formula is C16H29NO. The second-order valence-corrected chi connectivity index (χ2v) is 6.36. The molecule has 1 unspecified atom stereocenters. The number of unbranched alkanes of at least 4 members (excludes halogenated alkanes) is 1. The largest absolute Gasteiger partial charge is 0.374 e. The van der Waals surface area contributed by atoms with E-state index in [1.165, 1.54) is 12.8 Å². The Kier molecular flexibility index (Phi) is 5.69. The summed E-state index contributed by atoms with van der Waals surface area (Å²) in [5.74, 6) is 2.69. The minimum absolute atomic E-state index is 0.0983. The molecule has 0 amide bonds. The van der Waals surface area contributed by atoms with Crippen LogP contribution in [0.2, 0.25) is 0 Å². The fourth-order valence-electron chi connectivity index (χ4n) is 2.95. The van der Waals surface area contributed by atoms with Crippen LogP contribution in [0.3, 0.4) is 0 Å². The van der Waals surface area contributed by atoms with Crippen LogP contribution in [0.4, 0.5) is 0 Å². The summed E-state index contributed by atoms with van der Waals surface area (Å²) in [4.78, 5) is 0. The van der Waals surface area contributed by atoms with Crippen molar-refractivity contribution in [3.63, 3.8) is 0 Å². The molecule has 1 rings (SSSR count). The Morgan fingerprint density at radius 3 is 2.39 bits per heavy atom. The minimum atomic E-state index is -0.0983. The standard InChI is InChI=1S/C16H29NO/c1-5-7-8-9-14(17)16(18-6-2)12-10-15(3,4)11-13-16/h1,14H,6-13,17H2,2-4H3. The molecule has 2 N–H and O–H groups in total. The third-order valence-electron chi connectivity index (χ3n) is 4.39. The van der Waals surface area contributed by atoms with Crippen LogP contribution < -0.4 is 5.73 Å². The van der Waals surface area contributed by atoms with Gasteiger partial charge < -0.3 is 10.5 Å². The summed E-state index contributed by atoms with van der Waals surface area (Å²) in [6.07, 6.45) is 12.7. The normalized spacial score (nSPS) is 23.3. The van der Waals surface area contributed by atoms with E-state index in [1.807, 2.05) is 0 Å². The van der Waals surface area contributed by atoms with Crippen LogP contribution in [0.25, 0.3) is 0 Å². The third kappa shape index (κ3) is 4.00. The molecule has 0 radical (unpaired) electrons. The van der Waals surface area contributed by atoms with E-state index in [-0.39, 0.29) is 11.6 Å². The van der Waals surface area contributed by atoms with E-state index >= 15 is 0 Å². The molecule has 104 valence electrons. The summed E-state index contributed by atoms with van der Waals surface area (Å²) < 4.78 is 6.08. The number of nitrogens with two attached hydrogens (primary N) is 1. The van der Waals surface area contributed by atoms with Crippen molar-refractivity contribution < 1.29 is 4.74 Å². The molecule has 2 nitrogen and oxygen atoms in total. The van der Waals surface area contributed by atoms with E-state index in [0.29, 0.717) is 5.41 Å². The number of hydrogen-bond acceptors (Lipinski definition) is 2. The van der Waals surface area contributed by atoms with Gasteiger partial charge in [-0.25, -0.2) is 0 Å². The van der Waals surface area contributed by atoms with Crippen LogP contribution >= 0.6 is 0 Å². The summed E-state index contributed by atoms with van der Waals surface area (Å²) in [6.45, 7) is 7.50. The Bertz CT molecular complexity index is 280. The minimum Gasteiger partial charge on any atom is -0.374 e. The smallest absolute Gasteiger partial charge is 0.0832 e. The zero-order valence-corrected chi connectivity index (χ0v) is 12.3. The zero-order valence-electron chi connectivity index (χ0n) is 12.3. The lowest BCUT2D eigenvalue weighted by molar-refractivity contribution is -0.100. The quantitative estimate of drug-likeness (QED) is 0.579. The summed E-state index contributed by atoms with van der Waals surface area (Å²) in [5, 5.41) is 0. The molecule has 1 atom stereocenters. The molecule has 1 aliphatic carbocycles. The maximum absolute atomic E-state index is 6.41. The van der Waals surface area contributed by atoms with Crippen LogP contribution in [-0.4, -0.2) is 18.2 Å². The molecule has 0 bridgehead atoms. The predicted molar refractivity (Wildman–Crippen MR) is 77.3 cm³/mol. The summed E-state index contributed by atoms with van der Waals surface area (Å²) in [5.41, 5.74) is 6.75. The van der Waals surface area contributed by atoms with Gasteiger partial charge in [-0.3, -0.25) is 0 Å². The van der Waals surface area contributed by atoms with E-state index in [1.54, 1.807) is 0 Å².